The van der Waals surface area contributed by atoms with E-state index in [0.717, 1.165) is 10.0 Å². The lowest BCUT2D eigenvalue weighted by Gasteiger charge is -2.10. The van der Waals surface area contributed by atoms with Gasteiger partial charge in [-0.05, 0) is 67.1 Å². The summed E-state index contributed by atoms with van der Waals surface area (Å²) in [6, 6.07) is 20.5. The maximum Gasteiger partial charge on any atom is 0.276 e. The predicted octanol–water partition coefficient (Wildman–Crippen LogP) is 3.85. The van der Waals surface area contributed by atoms with E-state index < -0.39 is 11.8 Å². The number of hydrogen-bond acceptors (Lipinski definition) is 4. The second kappa shape index (κ2) is 10.4. The molecule has 3 rings (SSSR count). The molecule has 0 heterocycles. The van der Waals surface area contributed by atoms with Crippen LogP contribution in [0.25, 0.3) is 0 Å². The number of nitrogens with one attached hydrogen (secondary N) is 3. The fourth-order valence-electron chi connectivity index (χ4n) is 2.59. The van der Waals surface area contributed by atoms with E-state index in [1.54, 1.807) is 60.7 Å². The third-order valence-corrected chi connectivity index (χ3v) is 5.15. The molecule has 3 aromatic rings. The first-order chi connectivity index (χ1) is 14.9. The van der Waals surface area contributed by atoms with Crippen molar-refractivity contribution in [1.82, 2.24) is 10.9 Å². The second-order valence-corrected chi connectivity index (χ2v) is 7.45. The van der Waals surface area contributed by atoms with Crippen LogP contribution in [0.3, 0.4) is 0 Å². The quantitative estimate of drug-likeness (QED) is 0.465. The number of halogens is 1. The zero-order valence-corrected chi connectivity index (χ0v) is 18.2. The molecule has 7 nitrogen and oxygen atoms in total. The van der Waals surface area contributed by atoms with Gasteiger partial charge in [0.25, 0.3) is 17.7 Å². The summed E-state index contributed by atoms with van der Waals surface area (Å²) in [5.74, 6) is -0.684. The van der Waals surface area contributed by atoms with Gasteiger partial charge >= 0.3 is 0 Å². The van der Waals surface area contributed by atoms with Gasteiger partial charge in [0.2, 0.25) is 0 Å². The standard InChI is InChI=1S/C23H20BrN3O4/c1-15-13-19(11-12-20(15)24)31-14-21(28)26-27-23(30)17-7-9-18(10-8-17)25-22(29)16-5-3-2-4-6-16/h2-13H,14H2,1H3,(H,25,29)(H,26,28)(H,27,30). The summed E-state index contributed by atoms with van der Waals surface area (Å²) in [4.78, 5) is 36.3. The molecular formula is C23H20BrN3O4. The first-order valence-corrected chi connectivity index (χ1v) is 10.2. The highest BCUT2D eigenvalue weighted by Gasteiger charge is 2.10. The minimum absolute atomic E-state index is 0.244. The maximum absolute atomic E-state index is 12.2. The van der Waals surface area contributed by atoms with Gasteiger partial charge in [-0.1, -0.05) is 34.1 Å². The molecule has 158 valence electrons. The zero-order valence-electron chi connectivity index (χ0n) is 16.6. The molecule has 0 spiro atoms. The summed E-state index contributed by atoms with van der Waals surface area (Å²) in [7, 11) is 0. The Bertz CT molecular complexity index is 1090. The molecule has 0 bridgehead atoms. The van der Waals surface area contributed by atoms with Crippen LogP contribution in [0.4, 0.5) is 5.69 Å². The number of benzene rings is 3. The lowest BCUT2D eigenvalue weighted by Crippen LogP contribution is -2.43. The van der Waals surface area contributed by atoms with Gasteiger partial charge in [0.05, 0.1) is 0 Å². The van der Waals surface area contributed by atoms with E-state index in [1.807, 2.05) is 19.1 Å². The number of aryl methyl sites for hydroxylation is 1. The van der Waals surface area contributed by atoms with Crippen molar-refractivity contribution < 1.29 is 19.1 Å². The van der Waals surface area contributed by atoms with E-state index in [2.05, 4.69) is 32.1 Å². The lowest BCUT2D eigenvalue weighted by atomic mass is 10.1. The van der Waals surface area contributed by atoms with Crippen molar-refractivity contribution >= 4 is 39.3 Å². The first kappa shape index (κ1) is 22.0. The van der Waals surface area contributed by atoms with E-state index in [1.165, 1.54) is 0 Å². The number of anilines is 1. The molecule has 0 fully saturated rings. The average Bonchev–Trinajstić information content (AvgIpc) is 2.79. The summed E-state index contributed by atoms with van der Waals surface area (Å²) in [5.41, 5.74) is 7.02. The third kappa shape index (κ3) is 6.42. The van der Waals surface area contributed by atoms with Gasteiger partial charge in [-0.2, -0.15) is 0 Å². The molecule has 3 aromatic carbocycles. The van der Waals surface area contributed by atoms with Crippen molar-refractivity contribution in [1.29, 1.82) is 0 Å². The van der Waals surface area contributed by atoms with Crippen LogP contribution in [0.1, 0.15) is 26.3 Å². The number of rotatable bonds is 6. The molecular weight excluding hydrogens is 462 g/mol. The summed E-state index contributed by atoms with van der Waals surface area (Å²) in [6.07, 6.45) is 0. The van der Waals surface area contributed by atoms with Gasteiger partial charge in [0, 0.05) is 21.3 Å². The van der Waals surface area contributed by atoms with Crippen molar-refractivity contribution in [3.8, 4) is 5.75 Å². The van der Waals surface area contributed by atoms with Gasteiger partial charge in [0.1, 0.15) is 5.75 Å². The van der Waals surface area contributed by atoms with Crippen molar-refractivity contribution in [3.05, 3.63) is 94.0 Å². The zero-order chi connectivity index (χ0) is 22.2. The molecule has 0 aliphatic rings. The van der Waals surface area contributed by atoms with E-state index in [9.17, 15) is 14.4 Å². The molecule has 0 saturated carbocycles. The smallest absolute Gasteiger partial charge is 0.276 e. The Morgan fingerprint density at radius 1 is 0.839 bits per heavy atom. The van der Waals surface area contributed by atoms with Crippen LogP contribution in [-0.4, -0.2) is 24.3 Å². The lowest BCUT2D eigenvalue weighted by molar-refractivity contribution is -0.123. The Hall–Kier alpha value is -3.65. The van der Waals surface area contributed by atoms with Crippen LogP contribution in [0.15, 0.2) is 77.3 Å². The van der Waals surface area contributed by atoms with Crippen LogP contribution in [-0.2, 0) is 4.79 Å². The normalized spacial score (nSPS) is 10.1. The molecule has 0 unspecified atom stereocenters. The number of hydrazine groups is 1. The molecule has 3 N–H and O–H groups in total. The number of carbonyl (C=O) groups is 3. The summed E-state index contributed by atoms with van der Waals surface area (Å²) < 4.78 is 6.35. The summed E-state index contributed by atoms with van der Waals surface area (Å²) in [5, 5.41) is 2.75. The highest BCUT2D eigenvalue weighted by Crippen LogP contribution is 2.21. The molecule has 3 amide bonds. The fourth-order valence-corrected chi connectivity index (χ4v) is 2.83. The van der Waals surface area contributed by atoms with Gasteiger partial charge < -0.3 is 10.1 Å². The van der Waals surface area contributed by atoms with Gasteiger partial charge in [-0.3, -0.25) is 25.2 Å². The second-order valence-electron chi connectivity index (χ2n) is 6.60. The predicted molar refractivity (Wildman–Crippen MR) is 121 cm³/mol. The Morgan fingerprint density at radius 2 is 1.52 bits per heavy atom. The molecule has 0 saturated heterocycles. The molecule has 0 aromatic heterocycles. The van der Waals surface area contributed by atoms with Crippen LogP contribution >= 0.6 is 15.9 Å². The number of ether oxygens (including phenoxy) is 1. The summed E-state index contributed by atoms with van der Waals surface area (Å²) in [6.45, 7) is 1.67. The monoisotopic (exact) mass is 481 g/mol. The van der Waals surface area contributed by atoms with Crippen LogP contribution < -0.4 is 20.9 Å². The minimum atomic E-state index is -0.499. The average molecular weight is 482 g/mol. The van der Waals surface area contributed by atoms with Gasteiger partial charge in [-0.15, -0.1) is 0 Å². The van der Waals surface area contributed by atoms with E-state index in [-0.39, 0.29) is 12.5 Å². The highest BCUT2D eigenvalue weighted by molar-refractivity contribution is 9.10. The van der Waals surface area contributed by atoms with Gasteiger partial charge in [-0.25, -0.2) is 0 Å². The molecule has 0 radical (unpaired) electrons. The molecule has 0 aliphatic heterocycles. The first-order valence-electron chi connectivity index (χ1n) is 9.37. The Kier molecular flexibility index (Phi) is 7.40. The van der Waals surface area contributed by atoms with E-state index in [0.29, 0.717) is 22.6 Å². The molecule has 8 heteroatoms. The molecule has 31 heavy (non-hydrogen) atoms. The number of hydrogen-bond donors (Lipinski definition) is 3. The van der Waals surface area contributed by atoms with Crippen molar-refractivity contribution in [2.75, 3.05) is 11.9 Å². The molecule has 0 atom stereocenters. The molecule has 0 aliphatic carbocycles. The minimum Gasteiger partial charge on any atom is -0.484 e. The topological polar surface area (TPSA) is 96.5 Å². The van der Waals surface area contributed by atoms with Gasteiger partial charge in [0.15, 0.2) is 6.61 Å². The Morgan fingerprint density at radius 3 is 2.19 bits per heavy atom. The van der Waals surface area contributed by atoms with Crippen LogP contribution in [0.2, 0.25) is 0 Å². The highest BCUT2D eigenvalue weighted by atomic mass is 79.9. The Balaban J connectivity index is 1.46. The third-order valence-electron chi connectivity index (χ3n) is 4.26. The van der Waals surface area contributed by atoms with E-state index in [4.69, 9.17) is 4.74 Å². The van der Waals surface area contributed by atoms with Crippen molar-refractivity contribution in [2.24, 2.45) is 0 Å². The van der Waals surface area contributed by atoms with E-state index >= 15 is 0 Å². The van der Waals surface area contributed by atoms with Crippen LogP contribution in [0.5, 0.6) is 5.75 Å². The largest absolute Gasteiger partial charge is 0.484 e. The summed E-state index contributed by atoms with van der Waals surface area (Å²) >= 11 is 3.40. The van der Waals surface area contributed by atoms with Crippen molar-refractivity contribution in [2.45, 2.75) is 6.92 Å². The SMILES string of the molecule is Cc1cc(OCC(=O)NNC(=O)c2ccc(NC(=O)c3ccccc3)cc2)ccc1Br. The number of amides is 3. The Labute approximate surface area is 187 Å². The van der Waals surface area contributed by atoms with Crippen LogP contribution in [0, 0.1) is 6.92 Å². The fraction of sp³-hybridized carbons (Fsp3) is 0.0870. The maximum atomic E-state index is 12.2. The number of carbonyl (C=O) groups excluding carboxylic acids is 3. The van der Waals surface area contributed by atoms with Crippen molar-refractivity contribution in [3.63, 3.8) is 0 Å².